The highest BCUT2D eigenvalue weighted by molar-refractivity contribution is 5.82. The Hall–Kier alpha value is -3.86. The molecule has 5 heteroatoms. The highest BCUT2D eigenvalue weighted by atomic mass is 16.5. The van der Waals surface area contributed by atoms with Gasteiger partial charge in [-0.25, -0.2) is 4.79 Å². The third-order valence-electron chi connectivity index (χ3n) is 4.35. The quantitative estimate of drug-likeness (QED) is 0.532. The minimum atomic E-state index is -1.03. The van der Waals surface area contributed by atoms with Crippen LogP contribution in [0.15, 0.2) is 91.0 Å². The van der Waals surface area contributed by atoms with Crippen molar-refractivity contribution in [1.82, 2.24) is 0 Å². The second-order valence-corrected chi connectivity index (χ2v) is 6.54. The van der Waals surface area contributed by atoms with Gasteiger partial charge in [0, 0.05) is 0 Å². The fraction of sp³-hybridized carbons (Fsp3) is 0.120. The van der Waals surface area contributed by atoms with Crippen LogP contribution < -0.4 is 4.74 Å². The van der Waals surface area contributed by atoms with Crippen molar-refractivity contribution in [1.29, 1.82) is 0 Å². The van der Waals surface area contributed by atoms with E-state index in [1.807, 2.05) is 66.7 Å². The molecule has 0 aliphatic rings. The molecule has 0 amide bonds. The summed E-state index contributed by atoms with van der Waals surface area (Å²) < 4.78 is 10.7. The molecule has 0 bridgehead atoms. The number of aliphatic carboxylic acids is 1. The van der Waals surface area contributed by atoms with E-state index in [2.05, 4.69) is 0 Å². The molecule has 0 saturated carbocycles. The summed E-state index contributed by atoms with van der Waals surface area (Å²) in [5.74, 6) is -1.39. The number of benzene rings is 3. The standard InChI is InChI=1S/C25H22O5/c26-23(27)18-30-22-15-7-9-19(17-22)10-8-16-29-25(28)24(20-11-3-1-4-12-20)21-13-5-2-6-14-21/h1-15,17,24H,16,18H2,(H,26,27)/b10-8-. The number of carbonyl (C=O) groups is 2. The molecule has 1 N–H and O–H groups in total. The summed E-state index contributed by atoms with van der Waals surface area (Å²) in [5, 5.41) is 8.69. The van der Waals surface area contributed by atoms with Crippen LogP contribution in [0.25, 0.3) is 6.08 Å². The minimum Gasteiger partial charge on any atom is -0.482 e. The Bertz CT molecular complexity index is 957. The average Bonchev–Trinajstić information content (AvgIpc) is 2.77. The third-order valence-corrected chi connectivity index (χ3v) is 4.35. The first-order valence-corrected chi connectivity index (χ1v) is 9.51. The first-order valence-electron chi connectivity index (χ1n) is 9.51. The maximum Gasteiger partial charge on any atom is 0.341 e. The number of carboxylic acid groups (broad SMARTS) is 1. The van der Waals surface area contributed by atoms with Crippen LogP contribution in [-0.4, -0.2) is 30.3 Å². The van der Waals surface area contributed by atoms with Gasteiger partial charge in [0.2, 0.25) is 0 Å². The van der Waals surface area contributed by atoms with Crippen LogP contribution >= 0.6 is 0 Å². The van der Waals surface area contributed by atoms with Crippen LogP contribution in [0.2, 0.25) is 0 Å². The molecule has 0 aromatic heterocycles. The van der Waals surface area contributed by atoms with Crippen LogP contribution in [0.1, 0.15) is 22.6 Å². The highest BCUT2D eigenvalue weighted by Gasteiger charge is 2.23. The van der Waals surface area contributed by atoms with E-state index in [-0.39, 0.29) is 12.6 Å². The summed E-state index contributed by atoms with van der Waals surface area (Å²) in [5.41, 5.74) is 2.57. The summed E-state index contributed by atoms with van der Waals surface area (Å²) in [6, 6.07) is 26.1. The first kappa shape index (κ1) is 20.9. The molecule has 152 valence electrons. The van der Waals surface area contributed by atoms with Crippen LogP contribution in [0.5, 0.6) is 5.75 Å². The molecule has 3 rings (SSSR count). The Balaban J connectivity index is 1.63. The van der Waals surface area contributed by atoms with Gasteiger partial charge < -0.3 is 14.6 Å². The van der Waals surface area contributed by atoms with Gasteiger partial charge in [-0.1, -0.05) is 78.9 Å². The molecule has 0 aliphatic carbocycles. The zero-order chi connectivity index (χ0) is 21.2. The molecule has 3 aromatic carbocycles. The van der Waals surface area contributed by atoms with Gasteiger partial charge in [-0.2, -0.15) is 0 Å². The summed E-state index contributed by atoms with van der Waals surface area (Å²) in [6.45, 7) is -0.277. The number of ether oxygens (including phenoxy) is 2. The smallest absolute Gasteiger partial charge is 0.341 e. The zero-order valence-electron chi connectivity index (χ0n) is 16.3. The molecule has 0 aliphatic heterocycles. The monoisotopic (exact) mass is 402 g/mol. The van der Waals surface area contributed by atoms with Crippen LogP contribution in [0.4, 0.5) is 0 Å². The predicted molar refractivity (Wildman–Crippen MR) is 114 cm³/mol. The van der Waals surface area contributed by atoms with Gasteiger partial charge in [0.05, 0.1) is 0 Å². The van der Waals surface area contributed by atoms with E-state index in [0.29, 0.717) is 5.75 Å². The number of rotatable bonds is 9. The maximum atomic E-state index is 12.8. The number of carboxylic acids is 1. The van der Waals surface area contributed by atoms with Gasteiger partial charge >= 0.3 is 11.9 Å². The van der Waals surface area contributed by atoms with Crippen LogP contribution in [0, 0.1) is 0 Å². The summed E-state index contributed by atoms with van der Waals surface area (Å²) in [4.78, 5) is 23.4. The third kappa shape index (κ3) is 6.07. The molecule has 0 heterocycles. The topological polar surface area (TPSA) is 72.8 Å². The number of esters is 1. The van der Waals surface area contributed by atoms with Gasteiger partial charge in [0.1, 0.15) is 18.3 Å². The van der Waals surface area contributed by atoms with Crippen molar-refractivity contribution in [2.45, 2.75) is 5.92 Å². The number of hydrogen-bond acceptors (Lipinski definition) is 4. The van der Waals surface area contributed by atoms with E-state index in [4.69, 9.17) is 14.6 Å². The van der Waals surface area contributed by atoms with E-state index < -0.39 is 18.5 Å². The zero-order valence-corrected chi connectivity index (χ0v) is 16.3. The lowest BCUT2D eigenvalue weighted by Gasteiger charge is -2.16. The Labute approximate surface area is 175 Å². The molecule has 3 aromatic rings. The molecule has 30 heavy (non-hydrogen) atoms. The lowest BCUT2D eigenvalue weighted by molar-refractivity contribution is -0.143. The average molecular weight is 402 g/mol. The molecular weight excluding hydrogens is 380 g/mol. The largest absolute Gasteiger partial charge is 0.482 e. The van der Waals surface area contributed by atoms with Gasteiger partial charge in [0.15, 0.2) is 6.61 Å². The molecule has 0 unspecified atom stereocenters. The molecule has 0 fully saturated rings. The van der Waals surface area contributed by atoms with E-state index in [0.717, 1.165) is 16.7 Å². The second-order valence-electron chi connectivity index (χ2n) is 6.54. The van der Waals surface area contributed by atoms with E-state index in [1.54, 1.807) is 30.4 Å². The second kappa shape index (κ2) is 10.6. The SMILES string of the molecule is O=C(O)COc1cccc(/C=C\COC(=O)C(c2ccccc2)c2ccccc2)c1. The lowest BCUT2D eigenvalue weighted by atomic mass is 9.91. The van der Waals surface area contributed by atoms with Crippen molar-refractivity contribution in [2.24, 2.45) is 0 Å². The molecule has 0 spiro atoms. The molecular formula is C25H22O5. The van der Waals surface area contributed by atoms with Crippen molar-refractivity contribution in [3.8, 4) is 5.75 Å². The molecule has 0 saturated heterocycles. The summed E-state index contributed by atoms with van der Waals surface area (Å²) in [6.07, 6.45) is 3.53. The van der Waals surface area contributed by atoms with Crippen molar-refractivity contribution < 1.29 is 24.2 Å². The van der Waals surface area contributed by atoms with Gasteiger partial charge in [-0.15, -0.1) is 0 Å². The fourth-order valence-electron chi connectivity index (χ4n) is 3.01. The van der Waals surface area contributed by atoms with E-state index in [9.17, 15) is 9.59 Å². The van der Waals surface area contributed by atoms with Crippen LogP contribution in [0.3, 0.4) is 0 Å². The highest BCUT2D eigenvalue weighted by Crippen LogP contribution is 2.26. The Kier molecular flexibility index (Phi) is 7.39. The normalized spacial score (nSPS) is 10.8. The number of hydrogen-bond donors (Lipinski definition) is 1. The Morgan fingerprint density at radius 3 is 2.10 bits per heavy atom. The van der Waals surface area contributed by atoms with Crippen molar-refractivity contribution in [3.63, 3.8) is 0 Å². The first-order chi connectivity index (χ1) is 14.6. The molecule has 0 atom stereocenters. The lowest BCUT2D eigenvalue weighted by Crippen LogP contribution is -2.17. The van der Waals surface area contributed by atoms with E-state index in [1.165, 1.54) is 0 Å². The van der Waals surface area contributed by atoms with Gasteiger partial charge in [-0.05, 0) is 34.9 Å². The van der Waals surface area contributed by atoms with Gasteiger partial charge in [0.25, 0.3) is 0 Å². The number of carbonyl (C=O) groups excluding carboxylic acids is 1. The molecule has 5 nitrogen and oxygen atoms in total. The van der Waals surface area contributed by atoms with Crippen LogP contribution in [-0.2, 0) is 14.3 Å². The minimum absolute atomic E-state index is 0.120. The predicted octanol–water partition coefficient (Wildman–Crippen LogP) is 4.54. The van der Waals surface area contributed by atoms with Crippen molar-refractivity contribution in [2.75, 3.05) is 13.2 Å². The Morgan fingerprint density at radius 1 is 0.867 bits per heavy atom. The maximum absolute atomic E-state index is 12.8. The van der Waals surface area contributed by atoms with Crippen molar-refractivity contribution >= 4 is 18.0 Å². The van der Waals surface area contributed by atoms with E-state index >= 15 is 0 Å². The molecule has 0 radical (unpaired) electrons. The Morgan fingerprint density at radius 2 is 1.50 bits per heavy atom. The fourth-order valence-corrected chi connectivity index (χ4v) is 3.01. The van der Waals surface area contributed by atoms with Crippen molar-refractivity contribution in [3.05, 3.63) is 108 Å². The summed E-state index contributed by atoms with van der Waals surface area (Å²) in [7, 11) is 0. The van der Waals surface area contributed by atoms with Gasteiger partial charge in [-0.3, -0.25) is 4.79 Å². The summed E-state index contributed by atoms with van der Waals surface area (Å²) >= 11 is 0.